The van der Waals surface area contributed by atoms with Crippen LogP contribution >= 0.6 is 11.3 Å². The van der Waals surface area contributed by atoms with E-state index in [9.17, 15) is 0 Å². The maximum atomic E-state index is 4.19. The highest BCUT2D eigenvalue weighted by molar-refractivity contribution is 7.15. The Morgan fingerprint density at radius 3 is 2.59 bits per heavy atom. The number of rotatable bonds is 4. The smallest absolute Gasteiger partial charge is 0.205 e. The van der Waals surface area contributed by atoms with Crippen LogP contribution in [0.15, 0.2) is 0 Å². The highest BCUT2D eigenvalue weighted by atomic mass is 32.1. The van der Waals surface area contributed by atoms with Gasteiger partial charge in [0.05, 0.1) is 6.54 Å². The largest absolute Gasteiger partial charge is 0.363 e. The molecule has 1 fully saturated rings. The van der Waals surface area contributed by atoms with Crippen LogP contribution in [0.5, 0.6) is 0 Å². The van der Waals surface area contributed by atoms with Crippen molar-refractivity contribution in [3.05, 3.63) is 5.01 Å². The van der Waals surface area contributed by atoms with Gasteiger partial charge in [-0.05, 0) is 26.9 Å². The number of aromatic nitrogens is 2. The quantitative estimate of drug-likeness (QED) is 0.873. The van der Waals surface area contributed by atoms with Gasteiger partial charge in [-0.2, -0.15) is 0 Å². The number of likely N-dealkylation sites (tertiary alicyclic amines) is 1. The van der Waals surface area contributed by atoms with E-state index in [2.05, 4.69) is 39.4 Å². The molecule has 0 bridgehead atoms. The van der Waals surface area contributed by atoms with E-state index < -0.39 is 0 Å². The molecule has 96 valence electrons. The van der Waals surface area contributed by atoms with Gasteiger partial charge in [0.25, 0.3) is 0 Å². The normalized spacial score (nSPS) is 18.8. The molecule has 0 radical (unpaired) electrons. The van der Waals surface area contributed by atoms with E-state index >= 15 is 0 Å². The van der Waals surface area contributed by atoms with Gasteiger partial charge in [0.15, 0.2) is 0 Å². The van der Waals surface area contributed by atoms with Gasteiger partial charge < -0.3 is 10.2 Å². The SMILES string of the molecule is CNc1nnc(CN2CCC(N(C)C)CC2)s1. The van der Waals surface area contributed by atoms with Crippen LogP contribution in [-0.2, 0) is 6.54 Å². The van der Waals surface area contributed by atoms with Crippen LogP contribution < -0.4 is 5.32 Å². The van der Waals surface area contributed by atoms with Crippen molar-refractivity contribution in [3.63, 3.8) is 0 Å². The molecule has 1 N–H and O–H groups in total. The van der Waals surface area contributed by atoms with Crippen molar-refractivity contribution in [3.8, 4) is 0 Å². The van der Waals surface area contributed by atoms with Crippen molar-refractivity contribution in [2.45, 2.75) is 25.4 Å². The first-order valence-corrected chi connectivity index (χ1v) is 6.89. The summed E-state index contributed by atoms with van der Waals surface area (Å²) in [6, 6.07) is 0.744. The summed E-state index contributed by atoms with van der Waals surface area (Å²) in [5.41, 5.74) is 0. The van der Waals surface area contributed by atoms with E-state index in [1.807, 2.05) is 7.05 Å². The van der Waals surface area contributed by atoms with Gasteiger partial charge in [0.2, 0.25) is 5.13 Å². The molecule has 1 aromatic rings. The molecule has 1 aromatic heterocycles. The third kappa shape index (κ3) is 3.37. The predicted octanol–water partition coefficient (Wildman–Crippen LogP) is 1.11. The Hall–Kier alpha value is -0.720. The maximum Gasteiger partial charge on any atom is 0.205 e. The fraction of sp³-hybridized carbons (Fsp3) is 0.818. The lowest BCUT2D eigenvalue weighted by Gasteiger charge is -2.34. The molecule has 0 saturated carbocycles. The van der Waals surface area contributed by atoms with Gasteiger partial charge in [-0.3, -0.25) is 4.90 Å². The van der Waals surface area contributed by atoms with Crippen LogP contribution in [0.25, 0.3) is 0 Å². The van der Waals surface area contributed by atoms with Crippen molar-refractivity contribution >= 4 is 16.5 Å². The fourth-order valence-electron chi connectivity index (χ4n) is 2.20. The van der Waals surface area contributed by atoms with Crippen molar-refractivity contribution in [2.24, 2.45) is 0 Å². The zero-order chi connectivity index (χ0) is 12.3. The molecule has 17 heavy (non-hydrogen) atoms. The van der Waals surface area contributed by atoms with E-state index in [0.717, 1.165) is 35.8 Å². The van der Waals surface area contributed by atoms with E-state index in [1.54, 1.807) is 11.3 Å². The second-order valence-electron chi connectivity index (χ2n) is 4.72. The Kier molecular flexibility index (Phi) is 4.31. The Labute approximate surface area is 107 Å². The molecular formula is C11H21N5S. The summed E-state index contributed by atoms with van der Waals surface area (Å²) in [5, 5.41) is 13.3. The highest BCUT2D eigenvalue weighted by Gasteiger charge is 2.21. The summed E-state index contributed by atoms with van der Waals surface area (Å²) >= 11 is 1.65. The van der Waals surface area contributed by atoms with Crippen molar-refractivity contribution < 1.29 is 0 Å². The van der Waals surface area contributed by atoms with Crippen LogP contribution in [0.4, 0.5) is 5.13 Å². The number of piperidine rings is 1. The molecule has 6 heteroatoms. The van der Waals surface area contributed by atoms with Crippen molar-refractivity contribution in [1.29, 1.82) is 0 Å². The molecule has 0 spiro atoms. The molecule has 0 unspecified atom stereocenters. The van der Waals surface area contributed by atoms with Crippen LogP contribution in [0.3, 0.4) is 0 Å². The van der Waals surface area contributed by atoms with E-state index in [-0.39, 0.29) is 0 Å². The van der Waals surface area contributed by atoms with Gasteiger partial charge in [-0.1, -0.05) is 11.3 Å². The minimum Gasteiger partial charge on any atom is -0.363 e. The molecule has 0 atom stereocenters. The third-order valence-electron chi connectivity index (χ3n) is 3.33. The predicted molar refractivity (Wildman–Crippen MR) is 71.4 cm³/mol. The molecule has 1 saturated heterocycles. The summed E-state index contributed by atoms with van der Waals surface area (Å²) in [5.74, 6) is 0. The van der Waals surface area contributed by atoms with E-state index in [0.29, 0.717) is 0 Å². The number of nitrogens with zero attached hydrogens (tertiary/aromatic N) is 4. The molecule has 2 rings (SSSR count). The molecule has 1 aliphatic rings. The first-order chi connectivity index (χ1) is 8.19. The molecule has 0 aromatic carbocycles. The number of hydrogen-bond donors (Lipinski definition) is 1. The monoisotopic (exact) mass is 255 g/mol. The number of hydrogen-bond acceptors (Lipinski definition) is 6. The Morgan fingerprint density at radius 1 is 1.35 bits per heavy atom. The Bertz CT molecular complexity index is 343. The van der Waals surface area contributed by atoms with Gasteiger partial charge in [0.1, 0.15) is 5.01 Å². The Morgan fingerprint density at radius 2 is 2.06 bits per heavy atom. The minimum absolute atomic E-state index is 0.744. The van der Waals surface area contributed by atoms with Gasteiger partial charge in [0, 0.05) is 26.2 Å². The summed E-state index contributed by atoms with van der Waals surface area (Å²) < 4.78 is 0. The Balaban J connectivity index is 1.81. The van der Waals surface area contributed by atoms with Crippen LogP contribution in [0.1, 0.15) is 17.8 Å². The summed E-state index contributed by atoms with van der Waals surface area (Å²) in [7, 11) is 6.22. The van der Waals surface area contributed by atoms with Gasteiger partial charge in [-0.15, -0.1) is 10.2 Å². The van der Waals surface area contributed by atoms with E-state index in [1.165, 1.54) is 12.8 Å². The average molecular weight is 255 g/mol. The summed E-state index contributed by atoms with van der Waals surface area (Å²) in [6.07, 6.45) is 2.51. The van der Waals surface area contributed by atoms with Crippen molar-refractivity contribution in [2.75, 3.05) is 39.5 Å². The zero-order valence-corrected chi connectivity index (χ0v) is 11.6. The minimum atomic E-state index is 0.744. The second kappa shape index (κ2) is 5.75. The summed E-state index contributed by atoms with van der Waals surface area (Å²) in [4.78, 5) is 4.81. The molecule has 1 aliphatic heterocycles. The molecular weight excluding hydrogens is 234 g/mol. The van der Waals surface area contributed by atoms with Gasteiger partial charge in [-0.25, -0.2) is 0 Å². The lowest BCUT2D eigenvalue weighted by Crippen LogP contribution is -2.41. The first kappa shape index (κ1) is 12.7. The zero-order valence-electron chi connectivity index (χ0n) is 10.8. The van der Waals surface area contributed by atoms with Crippen LogP contribution in [-0.4, -0.2) is 60.3 Å². The number of anilines is 1. The molecule has 5 nitrogen and oxygen atoms in total. The molecule has 0 aliphatic carbocycles. The van der Waals surface area contributed by atoms with Crippen molar-refractivity contribution in [1.82, 2.24) is 20.0 Å². The second-order valence-corrected chi connectivity index (χ2v) is 5.78. The van der Waals surface area contributed by atoms with Crippen LogP contribution in [0, 0.1) is 0 Å². The average Bonchev–Trinajstić information content (AvgIpc) is 2.77. The lowest BCUT2D eigenvalue weighted by molar-refractivity contribution is 0.139. The maximum absolute atomic E-state index is 4.19. The van der Waals surface area contributed by atoms with Gasteiger partial charge >= 0.3 is 0 Å². The highest BCUT2D eigenvalue weighted by Crippen LogP contribution is 2.20. The molecule has 0 amide bonds. The van der Waals surface area contributed by atoms with Crippen LogP contribution in [0.2, 0.25) is 0 Å². The number of nitrogens with one attached hydrogen (secondary N) is 1. The third-order valence-corrected chi connectivity index (χ3v) is 4.25. The standard InChI is InChI=1S/C11H21N5S/c1-12-11-14-13-10(17-11)8-16-6-4-9(5-7-16)15(2)3/h9H,4-8H2,1-3H3,(H,12,14). The molecule has 2 heterocycles. The first-order valence-electron chi connectivity index (χ1n) is 6.08. The lowest BCUT2D eigenvalue weighted by atomic mass is 10.0. The topological polar surface area (TPSA) is 44.3 Å². The fourth-order valence-corrected chi connectivity index (χ4v) is 2.94. The van der Waals surface area contributed by atoms with E-state index in [4.69, 9.17) is 0 Å². The summed E-state index contributed by atoms with van der Waals surface area (Å²) in [6.45, 7) is 3.27.